The fraction of sp³-hybridized carbons (Fsp3) is 0. The molecule has 0 aliphatic carbocycles. The van der Waals surface area contributed by atoms with Crippen molar-refractivity contribution >= 4 is 93.0 Å². The highest BCUT2D eigenvalue weighted by molar-refractivity contribution is 6.27. The molecule has 0 spiro atoms. The molecule has 0 saturated carbocycles. The molecule has 0 saturated heterocycles. The number of furan rings is 1. The second-order valence-electron chi connectivity index (χ2n) is 15.8. The summed E-state index contributed by atoms with van der Waals surface area (Å²) in [6, 6.07) is 67.4. The summed E-state index contributed by atoms with van der Waals surface area (Å²) in [6.45, 7) is 8.80. The zero-order chi connectivity index (χ0) is 41.1. The number of nitrogens with zero attached hydrogens (tertiary/aromatic N) is 5. The summed E-state index contributed by atoms with van der Waals surface area (Å²) in [7, 11) is 0. The van der Waals surface area contributed by atoms with Gasteiger partial charge in [0.1, 0.15) is 17.2 Å². The topological polar surface area (TPSA) is 56.1 Å². The number of nitriles is 1. The van der Waals surface area contributed by atoms with Crippen LogP contribution < -0.4 is 0 Å². The molecule has 4 aromatic heterocycles. The molecule has 0 radical (unpaired) electrons. The van der Waals surface area contributed by atoms with Crippen molar-refractivity contribution in [1.29, 1.82) is 5.26 Å². The first-order chi connectivity index (χ1) is 30.7. The summed E-state index contributed by atoms with van der Waals surface area (Å²) in [5, 5.41) is 19.8. The number of hydrogen-bond donors (Lipinski definition) is 0. The van der Waals surface area contributed by atoms with Gasteiger partial charge in [0.25, 0.3) is 0 Å². The van der Waals surface area contributed by atoms with Gasteiger partial charge >= 0.3 is 0 Å². The Labute approximate surface area is 354 Å². The zero-order valence-electron chi connectivity index (χ0n) is 33.0. The van der Waals surface area contributed by atoms with Crippen LogP contribution in [-0.4, -0.2) is 13.7 Å². The molecule has 13 aromatic rings. The largest absolute Gasteiger partial charge is 0.455 e. The zero-order valence-corrected chi connectivity index (χ0v) is 33.0. The van der Waals surface area contributed by atoms with Crippen molar-refractivity contribution < 1.29 is 4.42 Å². The van der Waals surface area contributed by atoms with E-state index in [9.17, 15) is 5.26 Å². The highest BCUT2D eigenvalue weighted by Gasteiger charge is 2.29. The second-order valence-corrected chi connectivity index (χ2v) is 15.8. The van der Waals surface area contributed by atoms with Crippen molar-refractivity contribution in [3.63, 3.8) is 0 Å². The first-order valence-corrected chi connectivity index (χ1v) is 20.6. The SMILES string of the molecule is [C-]#[N+]c1cc(C#N)c(-n2c3ccccc3c3ccc4c(c5ccccc5n4-c4ccccc4)c32)c(-c2ccccc2)c1-n1c2ccccc2c2c3oc4ccccc4c3ccc21. The smallest absolute Gasteiger partial charge is 0.212 e. The van der Waals surface area contributed by atoms with E-state index in [1.165, 1.54) is 0 Å². The van der Waals surface area contributed by atoms with Crippen LogP contribution in [0, 0.1) is 17.9 Å². The number of benzene rings is 9. The van der Waals surface area contributed by atoms with E-state index in [2.05, 4.69) is 158 Å². The predicted octanol–water partition coefficient (Wildman–Crippen LogP) is 15.0. The third kappa shape index (κ3) is 4.50. The van der Waals surface area contributed by atoms with Gasteiger partial charge in [-0.2, -0.15) is 5.26 Å². The Morgan fingerprint density at radius 3 is 1.74 bits per heavy atom. The van der Waals surface area contributed by atoms with Crippen molar-refractivity contribution in [3.05, 3.63) is 205 Å². The molecule has 6 heteroatoms. The number of para-hydroxylation sites is 5. The van der Waals surface area contributed by atoms with E-state index in [-0.39, 0.29) is 0 Å². The second kappa shape index (κ2) is 12.8. The lowest BCUT2D eigenvalue weighted by Gasteiger charge is -2.23. The molecule has 286 valence electrons. The summed E-state index contributed by atoms with van der Waals surface area (Å²) >= 11 is 0. The molecule has 62 heavy (non-hydrogen) atoms. The van der Waals surface area contributed by atoms with E-state index >= 15 is 0 Å². The minimum absolute atomic E-state index is 0.378. The fourth-order valence-corrected chi connectivity index (χ4v) is 10.2. The molecule has 0 atom stereocenters. The van der Waals surface area contributed by atoms with Crippen LogP contribution in [0.5, 0.6) is 0 Å². The van der Waals surface area contributed by atoms with Crippen molar-refractivity contribution in [3.8, 4) is 34.3 Å². The van der Waals surface area contributed by atoms with Gasteiger partial charge in [-0.1, -0.05) is 127 Å². The van der Waals surface area contributed by atoms with E-state index in [0.717, 1.165) is 104 Å². The Morgan fingerprint density at radius 2 is 1.03 bits per heavy atom. The molecule has 0 N–H and O–H groups in total. The quantitative estimate of drug-likeness (QED) is 0.167. The molecule has 0 aliphatic rings. The van der Waals surface area contributed by atoms with Crippen LogP contribution in [-0.2, 0) is 0 Å². The van der Waals surface area contributed by atoms with Crippen LogP contribution in [0.3, 0.4) is 0 Å². The summed E-state index contributed by atoms with van der Waals surface area (Å²) in [5.74, 6) is 0. The van der Waals surface area contributed by atoms with Crippen molar-refractivity contribution in [1.82, 2.24) is 13.7 Å². The Hall–Kier alpha value is -8.84. The highest BCUT2D eigenvalue weighted by Crippen LogP contribution is 2.50. The third-order valence-electron chi connectivity index (χ3n) is 12.7. The average molecular weight is 790 g/mol. The molecular weight excluding hydrogens is 759 g/mol. The van der Waals surface area contributed by atoms with Gasteiger partial charge in [-0.3, -0.25) is 0 Å². The van der Waals surface area contributed by atoms with Crippen molar-refractivity contribution in [2.45, 2.75) is 0 Å². The van der Waals surface area contributed by atoms with Gasteiger partial charge in [0.15, 0.2) is 0 Å². The Kier molecular flexibility index (Phi) is 7.05. The maximum Gasteiger partial charge on any atom is 0.212 e. The predicted molar refractivity (Wildman–Crippen MR) is 253 cm³/mol. The Morgan fingerprint density at radius 1 is 0.468 bits per heavy atom. The van der Waals surface area contributed by atoms with Gasteiger partial charge < -0.3 is 18.1 Å². The maximum absolute atomic E-state index is 11.4. The molecule has 0 bridgehead atoms. The van der Waals surface area contributed by atoms with Crippen LogP contribution in [0.2, 0.25) is 0 Å². The monoisotopic (exact) mass is 789 g/mol. The minimum Gasteiger partial charge on any atom is -0.455 e. The summed E-state index contributed by atoms with van der Waals surface area (Å²) < 4.78 is 13.6. The van der Waals surface area contributed by atoms with Crippen LogP contribution >= 0.6 is 0 Å². The lowest BCUT2D eigenvalue weighted by Crippen LogP contribution is -2.07. The van der Waals surface area contributed by atoms with E-state index in [1.54, 1.807) is 6.07 Å². The van der Waals surface area contributed by atoms with Gasteiger partial charge in [-0.15, -0.1) is 0 Å². The van der Waals surface area contributed by atoms with E-state index < -0.39 is 0 Å². The lowest BCUT2D eigenvalue weighted by molar-refractivity contribution is 0.673. The molecular formula is C56H31N5O. The Bertz CT molecular complexity index is 4110. The fourth-order valence-electron chi connectivity index (χ4n) is 10.2. The van der Waals surface area contributed by atoms with E-state index in [0.29, 0.717) is 22.6 Å². The standard InChI is InChI=1S/C56H31N5O/c1-58-43-32-35(33-57)53(61-44-24-12-8-20-37(44)39-28-30-47-51(54(39)61)41-22-9-13-25-45(41)59(47)36-18-6-3-7-19-36)50(34-16-4-2-5-17-34)55(43)60-46-26-14-10-23-42(46)52-48(60)31-29-40-38-21-11-15-27-49(38)62-56(40)52/h2-32H. The average Bonchev–Trinajstić information content (AvgIpc) is 4.07. The van der Waals surface area contributed by atoms with E-state index in [4.69, 9.17) is 11.0 Å². The summed E-state index contributed by atoms with van der Waals surface area (Å²) in [5.41, 5.74) is 12.5. The van der Waals surface area contributed by atoms with Crippen molar-refractivity contribution in [2.75, 3.05) is 0 Å². The molecule has 0 amide bonds. The number of hydrogen-bond acceptors (Lipinski definition) is 2. The maximum atomic E-state index is 11.4. The first-order valence-electron chi connectivity index (χ1n) is 20.6. The number of rotatable bonds is 4. The normalized spacial score (nSPS) is 11.8. The van der Waals surface area contributed by atoms with Gasteiger partial charge in [0.2, 0.25) is 5.69 Å². The number of aromatic nitrogens is 3. The van der Waals surface area contributed by atoms with Gasteiger partial charge in [0, 0.05) is 49.0 Å². The molecule has 0 aliphatic heterocycles. The van der Waals surface area contributed by atoms with E-state index in [1.807, 2.05) is 48.5 Å². The van der Waals surface area contributed by atoms with Crippen LogP contribution in [0.25, 0.3) is 120 Å². The third-order valence-corrected chi connectivity index (χ3v) is 12.7. The van der Waals surface area contributed by atoms with Crippen LogP contribution in [0.1, 0.15) is 5.56 Å². The van der Waals surface area contributed by atoms with Gasteiger partial charge in [-0.05, 0) is 66.2 Å². The molecule has 4 heterocycles. The number of fused-ring (bicyclic) bond motifs is 14. The molecule has 0 fully saturated rings. The van der Waals surface area contributed by atoms with Gasteiger partial charge in [0.05, 0.1) is 62.0 Å². The lowest BCUT2D eigenvalue weighted by atomic mass is 9.95. The molecule has 0 unspecified atom stereocenters. The summed E-state index contributed by atoms with van der Waals surface area (Å²) in [6.07, 6.45) is 0. The first kappa shape index (κ1) is 34.1. The molecule has 6 nitrogen and oxygen atoms in total. The molecule has 9 aromatic carbocycles. The minimum atomic E-state index is 0.378. The highest BCUT2D eigenvalue weighted by atomic mass is 16.3. The summed E-state index contributed by atoms with van der Waals surface area (Å²) in [4.78, 5) is 4.25. The van der Waals surface area contributed by atoms with Crippen LogP contribution in [0.4, 0.5) is 5.69 Å². The Balaban J connectivity index is 1.26. The van der Waals surface area contributed by atoms with Crippen LogP contribution in [0.15, 0.2) is 192 Å². The molecule has 13 rings (SSSR count). The van der Waals surface area contributed by atoms with Crippen molar-refractivity contribution in [2.24, 2.45) is 0 Å². The van der Waals surface area contributed by atoms with Gasteiger partial charge in [-0.25, -0.2) is 4.85 Å².